The van der Waals surface area contributed by atoms with Gasteiger partial charge in [0.2, 0.25) is 5.91 Å². The molecule has 0 aromatic carbocycles. The molecule has 0 spiro atoms. The smallest absolute Gasteiger partial charge is 0.244 e. The van der Waals surface area contributed by atoms with Crippen LogP contribution in [0.2, 0.25) is 0 Å². The molecule has 0 aliphatic carbocycles. The molecule has 16 heavy (non-hydrogen) atoms. The lowest BCUT2D eigenvalue weighted by molar-refractivity contribution is -0.122. The summed E-state index contributed by atoms with van der Waals surface area (Å²) in [6, 6.07) is 0. The highest BCUT2D eigenvalue weighted by Crippen LogP contribution is 2.26. The minimum Gasteiger partial charge on any atom is -0.322 e. The van der Waals surface area contributed by atoms with Crippen molar-refractivity contribution in [2.45, 2.75) is 38.1 Å². The summed E-state index contributed by atoms with van der Waals surface area (Å²) in [5, 5.41) is 12.7. The van der Waals surface area contributed by atoms with Crippen molar-refractivity contribution in [3.63, 3.8) is 0 Å². The Bertz CT molecular complexity index is 341. The highest BCUT2D eigenvalue weighted by atomic mass is 16.2. The zero-order valence-electron chi connectivity index (χ0n) is 9.55. The maximum Gasteiger partial charge on any atom is 0.244 e. The average Bonchev–Trinajstić information content (AvgIpc) is 2.89. The van der Waals surface area contributed by atoms with Crippen LogP contribution in [-0.2, 0) is 4.79 Å². The molecule has 5 heteroatoms. The van der Waals surface area contributed by atoms with Crippen LogP contribution in [0.25, 0.3) is 0 Å². The van der Waals surface area contributed by atoms with Crippen molar-refractivity contribution < 1.29 is 4.79 Å². The summed E-state index contributed by atoms with van der Waals surface area (Å²) in [7, 11) is 0. The summed E-state index contributed by atoms with van der Waals surface area (Å²) < 4.78 is 0. The average molecular weight is 222 g/mol. The monoisotopic (exact) mass is 222 g/mol. The maximum atomic E-state index is 12.2. The van der Waals surface area contributed by atoms with Gasteiger partial charge in [-0.1, -0.05) is 13.3 Å². The number of rotatable bonds is 4. The number of nitrogens with zero attached hydrogens (tertiary/aromatic N) is 1. The Hall–Kier alpha value is -1.36. The summed E-state index contributed by atoms with van der Waals surface area (Å²) in [6.45, 7) is 3.03. The van der Waals surface area contributed by atoms with Gasteiger partial charge in [-0.3, -0.25) is 9.89 Å². The molecule has 1 amide bonds. The third-order valence-corrected chi connectivity index (χ3v) is 3.11. The van der Waals surface area contributed by atoms with Crippen molar-refractivity contribution in [3.05, 3.63) is 12.4 Å². The van der Waals surface area contributed by atoms with Gasteiger partial charge in [-0.2, -0.15) is 5.10 Å². The fourth-order valence-electron chi connectivity index (χ4n) is 2.32. The molecule has 0 saturated carbocycles. The number of anilines is 1. The van der Waals surface area contributed by atoms with Gasteiger partial charge in [0.25, 0.3) is 0 Å². The van der Waals surface area contributed by atoms with Gasteiger partial charge in [0, 0.05) is 6.20 Å². The predicted molar refractivity (Wildman–Crippen MR) is 62.1 cm³/mol. The molecule has 1 atom stereocenters. The topological polar surface area (TPSA) is 69.8 Å². The van der Waals surface area contributed by atoms with Crippen molar-refractivity contribution in [2.24, 2.45) is 0 Å². The third kappa shape index (κ3) is 2.09. The molecule has 1 aromatic rings. The first-order valence-electron chi connectivity index (χ1n) is 5.82. The second kappa shape index (κ2) is 4.65. The molecule has 0 bridgehead atoms. The first kappa shape index (κ1) is 11.1. The van der Waals surface area contributed by atoms with Gasteiger partial charge in [0.05, 0.1) is 17.4 Å². The van der Waals surface area contributed by atoms with Gasteiger partial charge < -0.3 is 10.6 Å². The molecular formula is C11H18N4O. The van der Waals surface area contributed by atoms with E-state index >= 15 is 0 Å². The lowest BCUT2D eigenvalue weighted by Crippen LogP contribution is -2.50. The Kier molecular flexibility index (Phi) is 3.24. The Morgan fingerprint density at radius 2 is 2.56 bits per heavy atom. The van der Waals surface area contributed by atoms with Crippen LogP contribution in [0.5, 0.6) is 0 Å². The molecule has 1 fully saturated rings. The van der Waals surface area contributed by atoms with Gasteiger partial charge in [-0.05, 0) is 25.8 Å². The van der Waals surface area contributed by atoms with Crippen LogP contribution in [0, 0.1) is 0 Å². The minimum absolute atomic E-state index is 0.0632. The van der Waals surface area contributed by atoms with E-state index < -0.39 is 0 Å². The molecule has 2 heterocycles. The highest BCUT2D eigenvalue weighted by Gasteiger charge is 2.39. The number of hydrogen-bond donors (Lipinski definition) is 3. The summed E-state index contributed by atoms with van der Waals surface area (Å²) in [6.07, 6.45) is 7.19. The molecular weight excluding hydrogens is 204 g/mol. The van der Waals surface area contributed by atoms with Gasteiger partial charge >= 0.3 is 0 Å². The quantitative estimate of drug-likeness (QED) is 0.718. The van der Waals surface area contributed by atoms with Gasteiger partial charge in [0.1, 0.15) is 0 Å². The molecule has 1 aromatic heterocycles. The van der Waals surface area contributed by atoms with E-state index in [1.807, 2.05) is 0 Å². The van der Waals surface area contributed by atoms with Crippen LogP contribution in [0.1, 0.15) is 32.6 Å². The SMILES string of the molecule is CCCC1(C(=O)Nc2cn[nH]c2)CCCN1. The summed E-state index contributed by atoms with van der Waals surface area (Å²) in [5.41, 5.74) is 0.362. The lowest BCUT2D eigenvalue weighted by atomic mass is 9.91. The van der Waals surface area contributed by atoms with E-state index in [2.05, 4.69) is 27.8 Å². The van der Waals surface area contributed by atoms with Crippen LogP contribution < -0.4 is 10.6 Å². The van der Waals surface area contributed by atoms with Crippen molar-refractivity contribution in [3.8, 4) is 0 Å². The molecule has 88 valence electrons. The fraction of sp³-hybridized carbons (Fsp3) is 0.636. The van der Waals surface area contributed by atoms with Crippen LogP contribution >= 0.6 is 0 Å². The second-order valence-electron chi connectivity index (χ2n) is 4.30. The third-order valence-electron chi connectivity index (χ3n) is 3.11. The van der Waals surface area contributed by atoms with Crippen molar-refractivity contribution in [1.82, 2.24) is 15.5 Å². The Morgan fingerprint density at radius 1 is 1.69 bits per heavy atom. The Labute approximate surface area is 95.0 Å². The van der Waals surface area contributed by atoms with E-state index in [4.69, 9.17) is 0 Å². The van der Waals surface area contributed by atoms with E-state index in [0.29, 0.717) is 0 Å². The minimum atomic E-state index is -0.369. The zero-order valence-corrected chi connectivity index (χ0v) is 9.55. The number of nitrogens with one attached hydrogen (secondary N) is 3. The molecule has 0 radical (unpaired) electrons. The standard InChI is InChI=1S/C11H18N4O/c1-2-4-11(5-3-6-12-11)10(16)15-9-7-13-14-8-9/h7-8,12H,2-6H2,1H3,(H,13,14)(H,15,16). The van der Waals surface area contributed by atoms with Gasteiger partial charge in [-0.25, -0.2) is 0 Å². The first-order valence-corrected chi connectivity index (χ1v) is 5.82. The van der Waals surface area contributed by atoms with Crippen molar-refractivity contribution in [1.29, 1.82) is 0 Å². The predicted octanol–water partition coefficient (Wildman–Crippen LogP) is 1.27. The molecule has 1 saturated heterocycles. The Balaban J connectivity index is 2.05. The van der Waals surface area contributed by atoms with E-state index in [9.17, 15) is 4.79 Å². The van der Waals surface area contributed by atoms with E-state index in [1.54, 1.807) is 12.4 Å². The lowest BCUT2D eigenvalue weighted by Gasteiger charge is -2.27. The highest BCUT2D eigenvalue weighted by molar-refractivity contribution is 5.98. The number of carbonyl (C=O) groups is 1. The summed E-state index contributed by atoms with van der Waals surface area (Å²) in [4.78, 5) is 12.2. The van der Waals surface area contributed by atoms with E-state index in [0.717, 1.165) is 37.9 Å². The second-order valence-corrected chi connectivity index (χ2v) is 4.30. The summed E-state index contributed by atoms with van der Waals surface area (Å²) >= 11 is 0. The normalized spacial score (nSPS) is 24.6. The van der Waals surface area contributed by atoms with Crippen LogP contribution in [0.15, 0.2) is 12.4 Å². The summed E-state index contributed by atoms with van der Waals surface area (Å²) in [5.74, 6) is 0.0632. The number of aromatic nitrogens is 2. The van der Waals surface area contributed by atoms with Crippen LogP contribution in [-0.4, -0.2) is 28.2 Å². The van der Waals surface area contributed by atoms with Crippen LogP contribution in [0.3, 0.4) is 0 Å². The van der Waals surface area contributed by atoms with Crippen LogP contribution in [0.4, 0.5) is 5.69 Å². The van der Waals surface area contributed by atoms with Gasteiger partial charge in [-0.15, -0.1) is 0 Å². The molecule has 1 unspecified atom stereocenters. The molecule has 1 aliphatic rings. The first-order chi connectivity index (χ1) is 7.77. The van der Waals surface area contributed by atoms with Gasteiger partial charge in [0.15, 0.2) is 0 Å². The number of amides is 1. The van der Waals surface area contributed by atoms with E-state index in [-0.39, 0.29) is 11.4 Å². The molecule has 1 aliphatic heterocycles. The number of H-pyrrole nitrogens is 1. The van der Waals surface area contributed by atoms with E-state index in [1.165, 1.54) is 0 Å². The fourth-order valence-corrected chi connectivity index (χ4v) is 2.32. The molecule has 5 nitrogen and oxygen atoms in total. The molecule has 2 rings (SSSR count). The number of carbonyl (C=O) groups excluding carboxylic acids is 1. The largest absolute Gasteiger partial charge is 0.322 e. The van der Waals surface area contributed by atoms with Crippen molar-refractivity contribution in [2.75, 3.05) is 11.9 Å². The zero-order chi connectivity index (χ0) is 11.4. The molecule has 3 N–H and O–H groups in total. The van der Waals surface area contributed by atoms with Crippen molar-refractivity contribution >= 4 is 11.6 Å². The number of aromatic amines is 1. The number of hydrogen-bond acceptors (Lipinski definition) is 3. The Morgan fingerprint density at radius 3 is 3.12 bits per heavy atom. The maximum absolute atomic E-state index is 12.2.